The van der Waals surface area contributed by atoms with Gasteiger partial charge >= 0.3 is 0 Å². The Morgan fingerprint density at radius 2 is 2.03 bits per heavy atom. The van der Waals surface area contributed by atoms with Crippen molar-refractivity contribution in [3.8, 4) is 11.5 Å². The summed E-state index contributed by atoms with van der Waals surface area (Å²) in [6, 6.07) is 16.8. The summed E-state index contributed by atoms with van der Waals surface area (Å²) >= 11 is 8.09. The number of rotatable bonds is 7. The zero-order valence-electron chi connectivity index (χ0n) is 15.4. The van der Waals surface area contributed by atoms with E-state index in [1.165, 1.54) is 12.4 Å². The summed E-state index contributed by atoms with van der Waals surface area (Å²) in [5, 5.41) is 4.11. The molecule has 3 rings (SSSR count). The summed E-state index contributed by atoms with van der Waals surface area (Å²) in [6.45, 7) is 0.433. The third-order valence-electron chi connectivity index (χ3n) is 3.86. The van der Waals surface area contributed by atoms with Gasteiger partial charge in [-0.1, -0.05) is 41.9 Å². The lowest BCUT2D eigenvalue weighted by Gasteiger charge is -2.13. The Balaban J connectivity index is 1.70. The van der Waals surface area contributed by atoms with Crippen LogP contribution in [0.2, 0.25) is 5.15 Å². The number of hydrogen-bond donors (Lipinski definition) is 1. The Labute approximate surface area is 187 Å². The van der Waals surface area contributed by atoms with Gasteiger partial charge in [0.15, 0.2) is 11.5 Å². The Kier molecular flexibility index (Phi) is 7.42. The third-order valence-corrected chi connectivity index (χ3v) is 4.96. The second-order valence-electron chi connectivity index (χ2n) is 5.85. The van der Waals surface area contributed by atoms with E-state index in [2.05, 4.69) is 38.1 Å². The predicted molar refractivity (Wildman–Crippen MR) is 121 cm³/mol. The van der Waals surface area contributed by atoms with Gasteiger partial charge in [0.2, 0.25) is 0 Å². The van der Waals surface area contributed by atoms with E-state index >= 15 is 0 Å². The van der Waals surface area contributed by atoms with Gasteiger partial charge in [-0.25, -0.2) is 10.4 Å². The highest BCUT2D eigenvalue weighted by atomic mass is 127. The first-order chi connectivity index (χ1) is 14.1. The van der Waals surface area contributed by atoms with E-state index in [-0.39, 0.29) is 10.7 Å². The Morgan fingerprint density at radius 1 is 1.24 bits per heavy atom. The van der Waals surface area contributed by atoms with Crippen LogP contribution in [0.5, 0.6) is 11.5 Å². The summed E-state index contributed by atoms with van der Waals surface area (Å²) in [7, 11) is 1.58. The summed E-state index contributed by atoms with van der Waals surface area (Å²) in [5.74, 6) is 0.792. The Bertz CT molecular complexity index is 1030. The van der Waals surface area contributed by atoms with Crippen LogP contribution in [0.15, 0.2) is 65.9 Å². The number of aromatic nitrogens is 1. The number of amides is 1. The smallest absolute Gasteiger partial charge is 0.274 e. The van der Waals surface area contributed by atoms with Crippen LogP contribution in [0.3, 0.4) is 0 Å². The highest BCUT2D eigenvalue weighted by Crippen LogP contribution is 2.34. The molecule has 1 heterocycles. The number of carbonyl (C=O) groups is 1. The summed E-state index contributed by atoms with van der Waals surface area (Å²) < 4.78 is 12.3. The molecule has 0 spiro atoms. The van der Waals surface area contributed by atoms with Gasteiger partial charge in [0.1, 0.15) is 11.8 Å². The normalized spacial score (nSPS) is 10.7. The van der Waals surface area contributed by atoms with Crippen molar-refractivity contribution in [2.24, 2.45) is 5.10 Å². The molecule has 3 aromatic rings. The monoisotopic (exact) mass is 521 g/mol. The number of halogens is 2. The van der Waals surface area contributed by atoms with Crippen molar-refractivity contribution in [2.45, 2.75) is 6.61 Å². The predicted octanol–water partition coefficient (Wildman–Crippen LogP) is 4.69. The van der Waals surface area contributed by atoms with Crippen LogP contribution < -0.4 is 14.9 Å². The van der Waals surface area contributed by atoms with Crippen LogP contribution in [-0.4, -0.2) is 24.2 Å². The number of carbonyl (C=O) groups excluding carboxylic acids is 1. The number of ether oxygens (including phenoxy) is 2. The van der Waals surface area contributed by atoms with Crippen LogP contribution in [0.1, 0.15) is 21.5 Å². The molecule has 0 fully saturated rings. The lowest BCUT2D eigenvalue weighted by molar-refractivity contribution is 0.0955. The van der Waals surface area contributed by atoms with Gasteiger partial charge < -0.3 is 9.47 Å². The number of hydrogen-bond acceptors (Lipinski definition) is 5. The average molecular weight is 522 g/mol. The maximum atomic E-state index is 12.1. The molecule has 0 saturated carbocycles. The Hall–Kier alpha value is -2.65. The average Bonchev–Trinajstić information content (AvgIpc) is 2.73. The highest BCUT2D eigenvalue weighted by molar-refractivity contribution is 14.1. The van der Waals surface area contributed by atoms with Gasteiger partial charge in [0.05, 0.1) is 22.5 Å². The first kappa shape index (κ1) is 21.1. The molecule has 2 aromatic carbocycles. The molecule has 0 aliphatic rings. The van der Waals surface area contributed by atoms with Crippen molar-refractivity contribution < 1.29 is 14.3 Å². The lowest BCUT2D eigenvalue weighted by Crippen LogP contribution is -2.18. The molecule has 0 bridgehead atoms. The summed E-state index contributed by atoms with van der Waals surface area (Å²) in [4.78, 5) is 16.0. The van der Waals surface area contributed by atoms with Gasteiger partial charge in [0, 0.05) is 6.20 Å². The SMILES string of the molecule is COc1cc(C=NNC(=O)c2cccnc2Cl)cc(I)c1OCc1ccccc1. The fourth-order valence-corrected chi connectivity index (χ4v) is 3.45. The summed E-state index contributed by atoms with van der Waals surface area (Å²) in [5.41, 5.74) is 4.50. The van der Waals surface area contributed by atoms with Gasteiger partial charge in [-0.15, -0.1) is 0 Å². The molecular weight excluding hydrogens is 505 g/mol. The van der Waals surface area contributed by atoms with Crippen LogP contribution in [0.4, 0.5) is 0 Å². The number of pyridine rings is 1. The third kappa shape index (κ3) is 5.68. The Morgan fingerprint density at radius 3 is 2.76 bits per heavy atom. The first-order valence-electron chi connectivity index (χ1n) is 8.56. The summed E-state index contributed by atoms with van der Waals surface area (Å²) in [6.07, 6.45) is 3.03. The van der Waals surface area contributed by atoms with Gasteiger partial charge in [-0.2, -0.15) is 5.10 Å². The van der Waals surface area contributed by atoms with E-state index in [1.54, 1.807) is 25.3 Å². The zero-order chi connectivity index (χ0) is 20.6. The molecular formula is C21H17ClIN3O3. The standard InChI is InChI=1S/C21H17ClIN3O3/c1-28-18-11-15(12-25-26-21(27)16-8-5-9-24-20(16)22)10-17(23)19(18)29-13-14-6-3-2-4-7-14/h2-12H,13H2,1H3,(H,26,27). The second kappa shape index (κ2) is 10.2. The minimum atomic E-state index is -0.441. The first-order valence-corrected chi connectivity index (χ1v) is 10.0. The molecule has 0 aliphatic heterocycles. The van der Waals surface area contributed by atoms with E-state index in [1.807, 2.05) is 36.4 Å². The van der Waals surface area contributed by atoms with Crippen LogP contribution >= 0.6 is 34.2 Å². The van der Waals surface area contributed by atoms with E-state index in [9.17, 15) is 4.79 Å². The number of nitrogens with one attached hydrogen (secondary N) is 1. The van der Waals surface area contributed by atoms with Gasteiger partial charge in [-0.05, 0) is 58.0 Å². The van der Waals surface area contributed by atoms with E-state index in [4.69, 9.17) is 21.1 Å². The fourth-order valence-electron chi connectivity index (χ4n) is 2.47. The number of nitrogens with zero attached hydrogens (tertiary/aromatic N) is 2. The number of hydrazone groups is 1. The van der Waals surface area contributed by atoms with E-state index < -0.39 is 5.91 Å². The van der Waals surface area contributed by atoms with Crippen molar-refractivity contribution in [1.82, 2.24) is 10.4 Å². The quantitative estimate of drug-likeness (QED) is 0.212. The van der Waals surface area contributed by atoms with Crippen LogP contribution in [0, 0.1) is 3.57 Å². The molecule has 29 heavy (non-hydrogen) atoms. The minimum Gasteiger partial charge on any atom is -0.493 e. The topological polar surface area (TPSA) is 72.8 Å². The van der Waals surface area contributed by atoms with Crippen molar-refractivity contribution in [3.05, 3.63) is 86.2 Å². The molecule has 0 atom stereocenters. The number of methoxy groups -OCH3 is 1. The van der Waals surface area contributed by atoms with Crippen molar-refractivity contribution >= 4 is 46.3 Å². The number of benzene rings is 2. The second-order valence-corrected chi connectivity index (χ2v) is 7.37. The van der Waals surface area contributed by atoms with Crippen LogP contribution in [0.25, 0.3) is 0 Å². The fraction of sp³-hybridized carbons (Fsp3) is 0.0952. The van der Waals surface area contributed by atoms with Gasteiger partial charge in [-0.3, -0.25) is 4.79 Å². The molecule has 1 N–H and O–H groups in total. The van der Waals surface area contributed by atoms with Crippen LogP contribution in [-0.2, 0) is 6.61 Å². The molecule has 1 aromatic heterocycles. The van der Waals surface area contributed by atoms with Crippen molar-refractivity contribution in [2.75, 3.05) is 7.11 Å². The molecule has 0 unspecified atom stereocenters. The molecule has 6 nitrogen and oxygen atoms in total. The maximum Gasteiger partial charge on any atom is 0.274 e. The molecule has 8 heteroatoms. The van der Waals surface area contributed by atoms with Crippen molar-refractivity contribution in [3.63, 3.8) is 0 Å². The van der Waals surface area contributed by atoms with E-state index in [0.717, 1.165) is 14.7 Å². The van der Waals surface area contributed by atoms with Gasteiger partial charge in [0.25, 0.3) is 5.91 Å². The molecule has 1 amide bonds. The van der Waals surface area contributed by atoms with Crippen molar-refractivity contribution in [1.29, 1.82) is 0 Å². The minimum absolute atomic E-state index is 0.122. The van der Waals surface area contributed by atoms with E-state index in [0.29, 0.717) is 18.1 Å². The molecule has 0 aliphatic carbocycles. The molecule has 0 saturated heterocycles. The highest BCUT2D eigenvalue weighted by Gasteiger charge is 2.12. The maximum absolute atomic E-state index is 12.1. The lowest BCUT2D eigenvalue weighted by atomic mass is 10.2. The molecule has 148 valence electrons. The molecule has 0 radical (unpaired) electrons. The largest absolute Gasteiger partial charge is 0.493 e. The zero-order valence-corrected chi connectivity index (χ0v) is 18.3.